The van der Waals surface area contributed by atoms with E-state index in [1.807, 2.05) is 36.7 Å². The van der Waals surface area contributed by atoms with Gasteiger partial charge in [0.05, 0.1) is 18.6 Å². The minimum atomic E-state index is -0.342. The lowest BCUT2D eigenvalue weighted by atomic mass is 9.98. The first-order valence-corrected chi connectivity index (χ1v) is 7.81. The van der Waals surface area contributed by atoms with Crippen LogP contribution in [0.3, 0.4) is 0 Å². The lowest BCUT2D eigenvalue weighted by Crippen LogP contribution is -2.06. The summed E-state index contributed by atoms with van der Waals surface area (Å²) >= 11 is 0. The summed E-state index contributed by atoms with van der Waals surface area (Å²) in [6.07, 6.45) is 5.43. The van der Waals surface area contributed by atoms with Gasteiger partial charge in [0.25, 0.3) is 0 Å². The number of nitriles is 1. The molecular weight excluding hydrogens is 286 g/mol. The minimum absolute atomic E-state index is 0.105. The summed E-state index contributed by atoms with van der Waals surface area (Å²) in [6.45, 7) is 2.03. The number of fused-ring (bicyclic) bond motifs is 1. The summed E-state index contributed by atoms with van der Waals surface area (Å²) in [7, 11) is 0. The van der Waals surface area contributed by atoms with Crippen molar-refractivity contribution in [3.8, 4) is 17.2 Å². The van der Waals surface area contributed by atoms with Crippen LogP contribution in [0.5, 0.6) is 0 Å². The van der Waals surface area contributed by atoms with Gasteiger partial charge in [-0.25, -0.2) is 4.98 Å². The molecule has 1 unspecified atom stereocenters. The highest BCUT2D eigenvalue weighted by Gasteiger charge is 2.08. The summed E-state index contributed by atoms with van der Waals surface area (Å²) in [5.74, 6) is -0.342. The lowest BCUT2D eigenvalue weighted by Gasteiger charge is -2.07. The average Bonchev–Trinajstić information content (AvgIpc) is 3.02. The number of H-pyrrole nitrogens is 1. The van der Waals surface area contributed by atoms with Gasteiger partial charge in [0.2, 0.25) is 0 Å². The molecule has 2 heterocycles. The maximum absolute atomic E-state index is 9.12. The van der Waals surface area contributed by atoms with E-state index in [0.29, 0.717) is 6.42 Å². The fourth-order valence-electron chi connectivity index (χ4n) is 2.78. The van der Waals surface area contributed by atoms with Crippen LogP contribution >= 0.6 is 0 Å². The molecule has 0 aliphatic heterocycles. The van der Waals surface area contributed by atoms with Crippen LogP contribution in [0, 0.1) is 17.2 Å². The molecule has 3 rings (SSSR count). The van der Waals surface area contributed by atoms with Crippen LogP contribution in [0.25, 0.3) is 22.2 Å². The molecule has 0 aliphatic rings. The summed E-state index contributed by atoms with van der Waals surface area (Å²) in [4.78, 5) is 7.69. The molecule has 23 heavy (non-hydrogen) atoms. The molecule has 2 aromatic heterocycles. The van der Waals surface area contributed by atoms with Crippen LogP contribution in [0.2, 0.25) is 0 Å². The Labute approximate surface area is 135 Å². The zero-order valence-electron chi connectivity index (χ0n) is 13.1. The van der Waals surface area contributed by atoms with Crippen molar-refractivity contribution in [1.29, 1.82) is 5.26 Å². The van der Waals surface area contributed by atoms with Crippen LogP contribution < -0.4 is 0 Å². The number of aromatic amines is 1. The second-order valence-corrected chi connectivity index (χ2v) is 5.70. The molecule has 0 spiro atoms. The van der Waals surface area contributed by atoms with E-state index in [9.17, 15) is 0 Å². The van der Waals surface area contributed by atoms with E-state index >= 15 is 0 Å². The Hall–Kier alpha value is -2.64. The maximum Gasteiger partial charge on any atom is 0.137 e. The van der Waals surface area contributed by atoms with E-state index < -0.39 is 0 Å². The maximum atomic E-state index is 9.12. The van der Waals surface area contributed by atoms with Gasteiger partial charge in [0.1, 0.15) is 5.65 Å². The molecular formula is C19H19N3O. The van der Waals surface area contributed by atoms with Crippen LogP contribution in [-0.4, -0.2) is 21.7 Å². The zero-order chi connectivity index (χ0) is 16.2. The standard InChI is InChI=1S/C19H19N3O/c1-2-15-10-21-19-18(15)8-17(11-22-19)16-5-3-13(4-6-16)7-14(9-20)12-23/h3-6,8,10-11,14,23H,2,7,12H2,1H3,(H,21,22). The minimum Gasteiger partial charge on any atom is -0.395 e. The molecule has 0 radical (unpaired) electrons. The Morgan fingerprint density at radius 3 is 2.70 bits per heavy atom. The topological polar surface area (TPSA) is 72.7 Å². The van der Waals surface area contributed by atoms with Crippen molar-refractivity contribution in [2.75, 3.05) is 6.61 Å². The normalized spacial score (nSPS) is 12.2. The molecule has 0 fully saturated rings. The van der Waals surface area contributed by atoms with Gasteiger partial charge in [-0.3, -0.25) is 0 Å². The molecule has 0 aliphatic carbocycles. The number of hydrogen-bond donors (Lipinski definition) is 2. The van der Waals surface area contributed by atoms with Gasteiger partial charge >= 0.3 is 0 Å². The number of aliphatic hydroxyl groups is 1. The predicted molar refractivity (Wildman–Crippen MR) is 90.8 cm³/mol. The number of aliphatic hydroxyl groups excluding tert-OH is 1. The van der Waals surface area contributed by atoms with E-state index in [0.717, 1.165) is 28.8 Å². The van der Waals surface area contributed by atoms with Gasteiger partial charge in [0, 0.05) is 23.3 Å². The van der Waals surface area contributed by atoms with Crippen molar-refractivity contribution in [3.05, 3.63) is 53.9 Å². The molecule has 1 aromatic carbocycles. The molecule has 4 nitrogen and oxygen atoms in total. The fraction of sp³-hybridized carbons (Fsp3) is 0.263. The van der Waals surface area contributed by atoms with Crippen LogP contribution in [0.1, 0.15) is 18.1 Å². The SMILES string of the molecule is CCc1c[nH]c2ncc(-c3ccc(CC(C#N)CO)cc3)cc12. The Morgan fingerprint density at radius 1 is 1.26 bits per heavy atom. The number of benzene rings is 1. The molecule has 0 saturated carbocycles. The first kappa shape index (κ1) is 15.3. The number of nitrogens with one attached hydrogen (secondary N) is 1. The van der Waals surface area contributed by atoms with Gasteiger partial charge in [-0.1, -0.05) is 31.2 Å². The van der Waals surface area contributed by atoms with Crippen molar-refractivity contribution >= 4 is 11.0 Å². The highest BCUT2D eigenvalue weighted by Crippen LogP contribution is 2.25. The van der Waals surface area contributed by atoms with Gasteiger partial charge < -0.3 is 10.1 Å². The molecule has 0 amide bonds. The summed E-state index contributed by atoms with van der Waals surface area (Å²) < 4.78 is 0. The highest BCUT2D eigenvalue weighted by molar-refractivity contribution is 5.84. The Bertz CT molecular complexity index is 843. The van der Waals surface area contributed by atoms with Crippen molar-refractivity contribution in [2.24, 2.45) is 5.92 Å². The smallest absolute Gasteiger partial charge is 0.137 e. The van der Waals surface area contributed by atoms with Gasteiger partial charge in [0.15, 0.2) is 0 Å². The number of rotatable bonds is 5. The van der Waals surface area contributed by atoms with E-state index in [4.69, 9.17) is 10.4 Å². The van der Waals surface area contributed by atoms with Gasteiger partial charge in [-0.15, -0.1) is 0 Å². The number of pyridine rings is 1. The van der Waals surface area contributed by atoms with Crippen molar-refractivity contribution < 1.29 is 5.11 Å². The molecule has 1 atom stereocenters. The second kappa shape index (κ2) is 6.64. The average molecular weight is 305 g/mol. The van der Waals surface area contributed by atoms with E-state index in [-0.39, 0.29) is 12.5 Å². The summed E-state index contributed by atoms with van der Waals surface area (Å²) in [5, 5.41) is 19.2. The lowest BCUT2D eigenvalue weighted by molar-refractivity contribution is 0.255. The number of aromatic nitrogens is 2. The van der Waals surface area contributed by atoms with Crippen LogP contribution in [-0.2, 0) is 12.8 Å². The first-order chi connectivity index (χ1) is 11.2. The molecule has 2 N–H and O–H groups in total. The van der Waals surface area contributed by atoms with E-state index in [1.165, 1.54) is 10.9 Å². The molecule has 3 aromatic rings. The number of nitrogens with zero attached hydrogens (tertiary/aromatic N) is 2. The van der Waals surface area contributed by atoms with Crippen molar-refractivity contribution in [1.82, 2.24) is 9.97 Å². The number of hydrogen-bond acceptors (Lipinski definition) is 3. The molecule has 0 saturated heterocycles. The highest BCUT2D eigenvalue weighted by atomic mass is 16.3. The molecule has 4 heteroatoms. The second-order valence-electron chi connectivity index (χ2n) is 5.70. The first-order valence-electron chi connectivity index (χ1n) is 7.81. The number of aryl methyl sites for hydroxylation is 1. The summed E-state index contributed by atoms with van der Waals surface area (Å²) in [6, 6.07) is 12.4. The third-order valence-corrected chi connectivity index (χ3v) is 4.17. The van der Waals surface area contributed by atoms with Gasteiger partial charge in [-0.05, 0) is 35.6 Å². The summed E-state index contributed by atoms with van der Waals surface area (Å²) in [5.41, 5.74) is 5.42. The van der Waals surface area contributed by atoms with Crippen LogP contribution in [0.15, 0.2) is 42.7 Å². The van der Waals surface area contributed by atoms with Crippen molar-refractivity contribution in [3.63, 3.8) is 0 Å². The third kappa shape index (κ3) is 3.10. The van der Waals surface area contributed by atoms with E-state index in [1.54, 1.807) is 0 Å². The Morgan fingerprint density at radius 2 is 2.04 bits per heavy atom. The molecule has 0 bridgehead atoms. The van der Waals surface area contributed by atoms with Gasteiger partial charge in [-0.2, -0.15) is 5.26 Å². The quantitative estimate of drug-likeness (QED) is 0.758. The Kier molecular flexibility index (Phi) is 4.40. The third-order valence-electron chi connectivity index (χ3n) is 4.17. The largest absolute Gasteiger partial charge is 0.395 e. The zero-order valence-corrected chi connectivity index (χ0v) is 13.1. The fourth-order valence-corrected chi connectivity index (χ4v) is 2.78. The molecule has 116 valence electrons. The monoisotopic (exact) mass is 305 g/mol. The predicted octanol–water partition coefficient (Wildman–Crippen LogP) is 3.47. The van der Waals surface area contributed by atoms with Crippen molar-refractivity contribution in [2.45, 2.75) is 19.8 Å². The van der Waals surface area contributed by atoms with E-state index in [2.05, 4.69) is 29.0 Å². The van der Waals surface area contributed by atoms with Crippen LogP contribution in [0.4, 0.5) is 0 Å². The Balaban J connectivity index is 1.88.